The standard InChI is InChI=1S/C20H28N6O/c1-16-22-18(15-19(23-16)21-9-10-24(2)3)20(27)26-13-11-25(12-14-26)17-7-5-4-6-8-17/h4-8,15H,9-14H2,1-3H3,(H,21,22,23). The maximum atomic E-state index is 12.9. The van der Waals surface area contributed by atoms with Gasteiger partial charge in [-0.2, -0.15) is 0 Å². The minimum absolute atomic E-state index is 0.0242. The summed E-state index contributed by atoms with van der Waals surface area (Å²) in [5.74, 6) is 1.29. The zero-order valence-electron chi connectivity index (χ0n) is 16.4. The lowest BCUT2D eigenvalue weighted by atomic mass is 10.2. The zero-order valence-corrected chi connectivity index (χ0v) is 16.4. The number of anilines is 2. The van der Waals surface area contributed by atoms with Crippen molar-refractivity contribution >= 4 is 17.4 Å². The number of nitrogens with zero attached hydrogens (tertiary/aromatic N) is 5. The summed E-state index contributed by atoms with van der Waals surface area (Å²) in [7, 11) is 4.05. The van der Waals surface area contributed by atoms with E-state index in [0.717, 1.165) is 26.2 Å². The first kappa shape index (κ1) is 19.1. The predicted molar refractivity (Wildman–Crippen MR) is 108 cm³/mol. The van der Waals surface area contributed by atoms with E-state index in [2.05, 4.69) is 37.2 Å². The van der Waals surface area contributed by atoms with Crippen LogP contribution in [-0.2, 0) is 0 Å². The lowest BCUT2D eigenvalue weighted by Gasteiger charge is -2.36. The van der Waals surface area contributed by atoms with E-state index in [4.69, 9.17) is 0 Å². The maximum absolute atomic E-state index is 12.9. The predicted octanol–water partition coefficient (Wildman–Crippen LogP) is 1.72. The molecule has 0 aliphatic carbocycles. The molecule has 1 amide bonds. The summed E-state index contributed by atoms with van der Waals surface area (Å²) in [6.45, 7) is 6.53. The minimum Gasteiger partial charge on any atom is -0.369 e. The zero-order chi connectivity index (χ0) is 19.2. The molecule has 0 bridgehead atoms. The van der Waals surface area contributed by atoms with Gasteiger partial charge in [0.05, 0.1) is 0 Å². The number of hydrogen-bond donors (Lipinski definition) is 1. The SMILES string of the molecule is Cc1nc(NCCN(C)C)cc(C(=O)N2CCN(c3ccccc3)CC2)n1. The third-order valence-electron chi connectivity index (χ3n) is 4.61. The van der Waals surface area contributed by atoms with E-state index in [0.29, 0.717) is 30.4 Å². The number of aryl methyl sites for hydroxylation is 1. The van der Waals surface area contributed by atoms with Gasteiger partial charge in [0.25, 0.3) is 5.91 Å². The van der Waals surface area contributed by atoms with Crippen LogP contribution < -0.4 is 10.2 Å². The Morgan fingerprint density at radius 1 is 1.11 bits per heavy atom. The van der Waals surface area contributed by atoms with Crippen LogP contribution in [0.3, 0.4) is 0 Å². The molecule has 1 fully saturated rings. The number of carbonyl (C=O) groups is 1. The summed E-state index contributed by atoms with van der Waals surface area (Å²) in [6.07, 6.45) is 0. The van der Waals surface area contributed by atoms with Gasteiger partial charge in [-0.3, -0.25) is 4.79 Å². The van der Waals surface area contributed by atoms with Crippen LogP contribution in [0.5, 0.6) is 0 Å². The number of nitrogens with one attached hydrogen (secondary N) is 1. The number of aromatic nitrogens is 2. The van der Waals surface area contributed by atoms with Gasteiger partial charge in [0.15, 0.2) is 0 Å². The molecule has 144 valence electrons. The molecule has 7 heteroatoms. The minimum atomic E-state index is -0.0242. The average Bonchev–Trinajstić information content (AvgIpc) is 2.67. The first-order chi connectivity index (χ1) is 13.0. The summed E-state index contributed by atoms with van der Waals surface area (Å²) in [6, 6.07) is 12.1. The molecule has 1 aliphatic rings. The summed E-state index contributed by atoms with van der Waals surface area (Å²) >= 11 is 0. The molecule has 1 N–H and O–H groups in total. The molecule has 0 saturated carbocycles. The van der Waals surface area contributed by atoms with Gasteiger partial charge < -0.3 is 20.0 Å². The first-order valence-corrected chi connectivity index (χ1v) is 9.36. The number of hydrogen-bond acceptors (Lipinski definition) is 6. The molecule has 2 heterocycles. The fraction of sp³-hybridized carbons (Fsp3) is 0.450. The Hall–Kier alpha value is -2.67. The lowest BCUT2D eigenvalue weighted by Crippen LogP contribution is -2.49. The summed E-state index contributed by atoms with van der Waals surface area (Å²) in [5, 5.41) is 3.27. The van der Waals surface area contributed by atoms with Crippen LogP contribution in [0, 0.1) is 6.92 Å². The molecule has 1 aromatic carbocycles. The van der Waals surface area contributed by atoms with Gasteiger partial charge in [0.1, 0.15) is 17.3 Å². The number of benzene rings is 1. The Morgan fingerprint density at radius 3 is 2.48 bits per heavy atom. The fourth-order valence-corrected chi connectivity index (χ4v) is 3.14. The Bertz CT molecular complexity index is 756. The number of para-hydroxylation sites is 1. The van der Waals surface area contributed by atoms with E-state index >= 15 is 0 Å². The molecule has 0 atom stereocenters. The third-order valence-corrected chi connectivity index (χ3v) is 4.61. The van der Waals surface area contributed by atoms with Gasteiger partial charge in [-0.05, 0) is 33.2 Å². The van der Waals surface area contributed by atoms with Crippen molar-refractivity contribution in [2.24, 2.45) is 0 Å². The van der Waals surface area contributed by atoms with E-state index in [1.54, 1.807) is 6.07 Å². The van der Waals surface area contributed by atoms with Crippen LogP contribution in [0.15, 0.2) is 36.4 Å². The van der Waals surface area contributed by atoms with E-state index < -0.39 is 0 Å². The van der Waals surface area contributed by atoms with Crippen LogP contribution in [0.1, 0.15) is 16.3 Å². The number of amides is 1. The summed E-state index contributed by atoms with van der Waals surface area (Å²) in [4.78, 5) is 27.9. The Morgan fingerprint density at radius 2 is 1.81 bits per heavy atom. The second kappa shape index (κ2) is 8.81. The molecule has 0 radical (unpaired) electrons. The second-order valence-electron chi connectivity index (χ2n) is 7.03. The molecule has 1 aromatic heterocycles. The van der Waals surface area contributed by atoms with Crippen LogP contribution in [0.2, 0.25) is 0 Å². The molecule has 27 heavy (non-hydrogen) atoms. The number of rotatable bonds is 6. The van der Waals surface area contributed by atoms with Gasteiger partial charge in [-0.25, -0.2) is 9.97 Å². The van der Waals surface area contributed by atoms with Crippen molar-refractivity contribution in [1.29, 1.82) is 0 Å². The van der Waals surface area contributed by atoms with Crippen molar-refractivity contribution < 1.29 is 4.79 Å². The second-order valence-corrected chi connectivity index (χ2v) is 7.03. The van der Waals surface area contributed by atoms with Crippen molar-refractivity contribution in [1.82, 2.24) is 19.8 Å². The quantitative estimate of drug-likeness (QED) is 0.838. The van der Waals surface area contributed by atoms with Crippen molar-refractivity contribution in [2.45, 2.75) is 6.92 Å². The van der Waals surface area contributed by atoms with Gasteiger partial charge in [-0.15, -0.1) is 0 Å². The Balaban J connectivity index is 1.61. The number of carbonyl (C=O) groups excluding carboxylic acids is 1. The number of likely N-dealkylation sites (N-methyl/N-ethyl adjacent to an activating group) is 1. The van der Waals surface area contributed by atoms with Gasteiger partial charge >= 0.3 is 0 Å². The molecule has 0 spiro atoms. The highest BCUT2D eigenvalue weighted by molar-refractivity contribution is 5.93. The largest absolute Gasteiger partial charge is 0.369 e. The van der Waals surface area contributed by atoms with E-state index in [1.165, 1.54) is 5.69 Å². The molecular formula is C20H28N6O. The Labute approximate surface area is 161 Å². The van der Waals surface area contributed by atoms with Crippen molar-refractivity contribution in [2.75, 3.05) is 63.6 Å². The molecular weight excluding hydrogens is 340 g/mol. The molecule has 1 aliphatic heterocycles. The van der Waals surface area contributed by atoms with Crippen molar-refractivity contribution in [3.63, 3.8) is 0 Å². The first-order valence-electron chi connectivity index (χ1n) is 9.36. The van der Waals surface area contributed by atoms with Crippen LogP contribution in [0.25, 0.3) is 0 Å². The van der Waals surface area contributed by atoms with Crippen LogP contribution >= 0.6 is 0 Å². The van der Waals surface area contributed by atoms with Crippen molar-refractivity contribution in [3.8, 4) is 0 Å². The molecule has 2 aromatic rings. The smallest absolute Gasteiger partial charge is 0.272 e. The highest BCUT2D eigenvalue weighted by Crippen LogP contribution is 2.17. The van der Waals surface area contributed by atoms with Gasteiger partial charge in [-0.1, -0.05) is 18.2 Å². The third kappa shape index (κ3) is 5.17. The van der Waals surface area contributed by atoms with Crippen molar-refractivity contribution in [3.05, 3.63) is 47.9 Å². The van der Waals surface area contributed by atoms with E-state index in [9.17, 15) is 4.79 Å². The fourth-order valence-electron chi connectivity index (χ4n) is 3.14. The average molecular weight is 368 g/mol. The summed E-state index contributed by atoms with van der Waals surface area (Å²) in [5.41, 5.74) is 1.66. The monoisotopic (exact) mass is 368 g/mol. The molecule has 7 nitrogen and oxygen atoms in total. The molecule has 3 rings (SSSR count). The molecule has 0 unspecified atom stereocenters. The van der Waals surface area contributed by atoms with Crippen LogP contribution in [-0.4, -0.2) is 79.0 Å². The highest BCUT2D eigenvalue weighted by atomic mass is 16.2. The Kier molecular flexibility index (Phi) is 6.24. The number of piperazine rings is 1. The van der Waals surface area contributed by atoms with E-state index in [1.807, 2.05) is 44.1 Å². The summed E-state index contributed by atoms with van der Waals surface area (Å²) < 4.78 is 0. The van der Waals surface area contributed by atoms with Crippen LogP contribution in [0.4, 0.5) is 11.5 Å². The van der Waals surface area contributed by atoms with Gasteiger partial charge in [0, 0.05) is 51.0 Å². The van der Waals surface area contributed by atoms with Gasteiger partial charge in [0.2, 0.25) is 0 Å². The molecule has 1 saturated heterocycles. The lowest BCUT2D eigenvalue weighted by molar-refractivity contribution is 0.0740. The normalized spacial score (nSPS) is 14.5. The topological polar surface area (TPSA) is 64.6 Å². The highest BCUT2D eigenvalue weighted by Gasteiger charge is 2.23. The van der Waals surface area contributed by atoms with E-state index in [-0.39, 0.29) is 5.91 Å². The maximum Gasteiger partial charge on any atom is 0.272 e.